The highest BCUT2D eigenvalue weighted by Gasteiger charge is 2.20. The van der Waals surface area contributed by atoms with Gasteiger partial charge in [-0.15, -0.1) is 0 Å². The van der Waals surface area contributed by atoms with E-state index >= 15 is 0 Å². The van der Waals surface area contributed by atoms with Crippen molar-refractivity contribution in [1.29, 1.82) is 0 Å². The fraction of sp³-hybridized carbons (Fsp3) is 0.533. The summed E-state index contributed by atoms with van der Waals surface area (Å²) in [5.74, 6) is 1.40. The molecule has 1 fully saturated rings. The first-order valence-corrected chi connectivity index (χ1v) is 6.89. The number of ether oxygens (including phenoxy) is 1. The quantitative estimate of drug-likeness (QED) is 0.818. The Bertz CT molecular complexity index is 459. The molecule has 0 heterocycles. The van der Waals surface area contributed by atoms with Crippen molar-refractivity contribution in [3.63, 3.8) is 0 Å². The van der Waals surface area contributed by atoms with Crippen LogP contribution in [0, 0.1) is 11.8 Å². The van der Waals surface area contributed by atoms with Crippen molar-refractivity contribution in [2.75, 3.05) is 12.3 Å². The third kappa shape index (κ3) is 3.40. The number of nitrogens with two attached hydrogens (primary N) is 2. The second kappa shape index (κ2) is 5.95. The van der Waals surface area contributed by atoms with Crippen LogP contribution in [0.5, 0.6) is 5.75 Å². The maximum absolute atomic E-state index is 11.2. The summed E-state index contributed by atoms with van der Waals surface area (Å²) in [4.78, 5) is 11.2. The lowest BCUT2D eigenvalue weighted by atomic mass is 9.83. The molecule has 4 nitrogen and oxygen atoms in total. The van der Waals surface area contributed by atoms with E-state index in [0.717, 1.165) is 5.92 Å². The van der Waals surface area contributed by atoms with Gasteiger partial charge >= 0.3 is 0 Å². The molecule has 19 heavy (non-hydrogen) atoms. The minimum absolute atomic E-state index is 0.328. The summed E-state index contributed by atoms with van der Waals surface area (Å²) in [7, 11) is 0. The number of amides is 1. The SMILES string of the molecule is CC1CCCC(COc2cccc(C(N)=O)c2N)C1. The van der Waals surface area contributed by atoms with Gasteiger partial charge in [-0.1, -0.05) is 25.8 Å². The lowest BCUT2D eigenvalue weighted by molar-refractivity contribution is 0.100. The fourth-order valence-corrected chi connectivity index (χ4v) is 2.80. The van der Waals surface area contributed by atoms with Gasteiger partial charge in [0.25, 0.3) is 5.91 Å². The molecule has 2 atom stereocenters. The number of benzene rings is 1. The predicted molar refractivity (Wildman–Crippen MR) is 76.0 cm³/mol. The number of hydrogen-bond donors (Lipinski definition) is 2. The van der Waals surface area contributed by atoms with Crippen LogP contribution in [0.4, 0.5) is 5.69 Å². The van der Waals surface area contributed by atoms with Crippen molar-refractivity contribution < 1.29 is 9.53 Å². The number of primary amides is 1. The van der Waals surface area contributed by atoms with Gasteiger partial charge in [0.05, 0.1) is 17.9 Å². The van der Waals surface area contributed by atoms with E-state index in [2.05, 4.69) is 6.92 Å². The Morgan fingerprint density at radius 1 is 1.42 bits per heavy atom. The van der Waals surface area contributed by atoms with Crippen LogP contribution in [-0.4, -0.2) is 12.5 Å². The molecule has 0 aromatic heterocycles. The molecule has 4 N–H and O–H groups in total. The van der Waals surface area contributed by atoms with Gasteiger partial charge in [0, 0.05) is 0 Å². The molecule has 1 saturated carbocycles. The van der Waals surface area contributed by atoms with Crippen LogP contribution in [0.2, 0.25) is 0 Å². The molecule has 1 amide bonds. The highest BCUT2D eigenvalue weighted by Crippen LogP contribution is 2.31. The molecule has 2 rings (SSSR count). The van der Waals surface area contributed by atoms with Gasteiger partial charge in [0.2, 0.25) is 0 Å². The van der Waals surface area contributed by atoms with Crippen molar-refractivity contribution in [3.8, 4) is 5.75 Å². The van der Waals surface area contributed by atoms with Crippen LogP contribution in [-0.2, 0) is 0 Å². The Kier molecular flexibility index (Phi) is 4.30. The van der Waals surface area contributed by atoms with Gasteiger partial charge in [-0.2, -0.15) is 0 Å². The van der Waals surface area contributed by atoms with Crippen LogP contribution in [0.25, 0.3) is 0 Å². The Hall–Kier alpha value is -1.71. The Morgan fingerprint density at radius 3 is 2.89 bits per heavy atom. The largest absolute Gasteiger partial charge is 0.491 e. The van der Waals surface area contributed by atoms with E-state index in [1.807, 2.05) is 0 Å². The first-order chi connectivity index (χ1) is 9.08. The lowest BCUT2D eigenvalue weighted by Crippen LogP contribution is -2.20. The third-order valence-corrected chi connectivity index (χ3v) is 3.85. The minimum atomic E-state index is -0.519. The van der Waals surface area contributed by atoms with Crippen LogP contribution >= 0.6 is 0 Å². The molecular formula is C15H22N2O2. The molecule has 0 radical (unpaired) electrons. The predicted octanol–water partition coefficient (Wildman–Crippen LogP) is 2.57. The van der Waals surface area contributed by atoms with Crippen LogP contribution in [0.3, 0.4) is 0 Å². The summed E-state index contributed by atoms with van der Waals surface area (Å²) >= 11 is 0. The molecular weight excluding hydrogens is 240 g/mol. The van der Waals surface area contributed by atoms with Crippen molar-refractivity contribution in [2.45, 2.75) is 32.6 Å². The topological polar surface area (TPSA) is 78.3 Å². The average Bonchev–Trinajstić information content (AvgIpc) is 2.37. The summed E-state index contributed by atoms with van der Waals surface area (Å²) in [5.41, 5.74) is 11.8. The normalized spacial score (nSPS) is 23.0. The minimum Gasteiger partial charge on any atom is -0.491 e. The smallest absolute Gasteiger partial charge is 0.250 e. The van der Waals surface area contributed by atoms with E-state index < -0.39 is 5.91 Å². The molecule has 4 heteroatoms. The van der Waals surface area contributed by atoms with Gasteiger partial charge in [-0.05, 0) is 36.8 Å². The zero-order chi connectivity index (χ0) is 13.8. The maximum Gasteiger partial charge on any atom is 0.250 e. The molecule has 1 aliphatic carbocycles. The number of carbonyl (C=O) groups excluding carboxylic acids is 1. The summed E-state index contributed by atoms with van der Waals surface area (Å²) in [6.07, 6.45) is 5.00. The monoisotopic (exact) mass is 262 g/mol. The summed E-state index contributed by atoms with van der Waals surface area (Å²) < 4.78 is 5.78. The molecule has 1 aromatic rings. The molecule has 104 valence electrons. The van der Waals surface area contributed by atoms with Gasteiger partial charge in [-0.3, -0.25) is 4.79 Å². The molecule has 1 aromatic carbocycles. The highest BCUT2D eigenvalue weighted by atomic mass is 16.5. The van der Waals surface area contributed by atoms with E-state index in [-0.39, 0.29) is 0 Å². The number of anilines is 1. The highest BCUT2D eigenvalue weighted by molar-refractivity contribution is 5.99. The van der Waals surface area contributed by atoms with E-state index in [9.17, 15) is 4.79 Å². The zero-order valence-corrected chi connectivity index (χ0v) is 11.4. The van der Waals surface area contributed by atoms with Gasteiger partial charge in [-0.25, -0.2) is 0 Å². The van der Waals surface area contributed by atoms with Crippen LogP contribution < -0.4 is 16.2 Å². The van der Waals surface area contributed by atoms with E-state index in [4.69, 9.17) is 16.2 Å². The van der Waals surface area contributed by atoms with Crippen molar-refractivity contribution in [1.82, 2.24) is 0 Å². The number of hydrogen-bond acceptors (Lipinski definition) is 3. The third-order valence-electron chi connectivity index (χ3n) is 3.85. The first kappa shape index (κ1) is 13.7. The van der Waals surface area contributed by atoms with E-state index in [1.165, 1.54) is 25.7 Å². The Morgan fingerprint density at radius 2 is 2.21 bits per heavy atom. The van der Waals surface area contributed by atoms with Crippen LogP contribution in [0.15, 0.2) is 18.2 Å². The summed E-state index contributed by atoms with van der Waals surface area (Å²) in [6, 6.07) is 5.15. The van der Waals surface area contributed by atoms with E-state index in [0.29, 0.717) is 29.5 Å². The van der Waals surface area contributed by atoms with E-state index in [1.54, 1.807) is 18.2 Å². The van der Waals surface area contributed by atoms with Gasteiger partial charge in [0.15, 0.2) is 0 Å². The fourth-order valence-electron chi connectivity index (χ4n) is 2.80. The molecule has 0 spiro atoms. The second-order valence-corrected chi connectivity index (χ2v) is 5.53. The lowest BCUT2D eigenvalue weighted by Gasteiger charge is -2.26. The zero-order valence-electron chi connectivity index (χ0n) is 11.4. The number of para-hydroxylation sites is 1. The van der Waals surface area contributed by atoms with Crippen LogP contribution in [0.1, 0.15) is 43.0 Å². The molecule has 0 bridgehead atoms. The van der Waals surface area contributed by atoms with Crippen molar-refractivity contribution >= 4 is 11.6 Å². The molecule has 0 aliphatic heterocycles. The Labute approximate surface area is 114 Å². The van der Waals surface area contributed by atoms with Gasteiger partial charge in [0.1, 0.15) is 5.75 Å². The molecule has 2 unspecified atom stereocenters. The maximum atomic E-state index is 11.2. The summed E-state index contributed by atoms with van der Waals surface area (Å²) in [5, 5.41) is 0. The standard InChI is InChI=1S/C15H22N2O2/c1-10-4-2-5-11(8-10)9-19-13-7-3-6-12(14(13)16)15(17)18/h3,6-7,10-11H,2,4-5,8-9,16H2,1H3,(H2,17,18). The number of rotatable bonds is 4. The number of carbonyl (C=O) groups is 1. The first-order valence-electron chi connectivity index (χ1n) is 6.89. The van der Waals surface area contributed by atoms with Crippen molar-refractivity contribution in [2.24, 2.45) is 17.6 Å². The van der Waals surface area contributed by atoms with Gasteiger partial charge < -0.3 is 16.2 Å². The molecule has 0 saturated heterocycles. The number of nitrogen functional groups attached to an aromatic ring is 1. The average molecular weight is 262 g/mol. The Balaban J connectivity index is 1.99. The second-order valence-electron chi connectivity index (χ2n) is 5.53. The summed E-state index contributed by atoms with van der Waals surface area (Å²) in [6.45, 7) is 2.95. The molecule has 1 aliphatic rings. The van der Waals surface area contributed by atoms with Crippen molar-refractivity contribution in [3.05, 3.63) is 23.8 Å².